The second-order valence-electron chi connectivity index (χ2n) is 7.62. The summed E-state index contributed by atoms with van der Waals surface area (Å²) >= 11 is 0. The number of nitrogens with one attached hydrogen (secondary N) is 2. The van der Waals surface area contributed by atoms with Crippen molar-refractivity contribution in [3.63, 3.8) is 0 Å². The van der Waals surface area contributed by atoms with Crippen LogP contribution in [0.1, 0.15) is 18.1 Å². The molecule has 2 amide bonds. The summed E-state index contributed by atoms with van der Waals surface area (Å²) in [4.78, 5) is 23.9. The number of aryl methyl sites for hydroxylation is 1. The van der Waals surface area contributed by atoms with Crippen molar-refractivity contribution < 1.29 is 22.7 Å². The molecule has 2 N–H and O–H groups in total. The quantitative estimate of drug-likeness (QED) is 0.350. The SMILES string of the molecule is COc1ccc(N(CC(=O)N/N=C\c2ccc(C)cc2)S(=O)(=O)c2ccc(NC(C)=O)cc2)cc1. The molecular weight excluding hydrogens is 468 g/mol. The first-order valence-corrected chi connectivity index (χ1v) is 12.1. The van der Waals surface area contributed by atoms with Gasteiger partial charge in [0.1, 0.15) is 12.3 Å². The maximum absolute atomic E-state index is 13.5. The number of amides is 2. The van der Waals surface area contributed by atoms with Crippen LogP contribution in [0.4, 0.5) is 11.4 Å². The zero-order valence-electron chi connectivity index (χ0n) is 19.6. The fraction of sp³-hybridized carbons (Fsp3) is 0.160. The van der Waals surface area contributed by atoms with Gasteiger partial charge >= 0.3 is 0 Å². The molecule has 3 aromatic rings. The fourth-order valence-electron chi connectivity index (χ4n) is 3.10. The number of methoxy groups -OCH3 is 1. The lowest BCUT2D eigenvalue weighted by atomic mass is 10.2. The second-order valence-corrected chi connectivity index (χ2v) is 9.48. The number of hydrogen-bond acceptors (Lipinski definition) is 6. The number of carbonyl (C=O) groups is 2. The van der Waals surface area contributed by atoms with Crippen molar-refractivity contribution in [1.29, 1.82) is 0 Å². The highest BCUT2D eigenvalue weighted by molar-refractivity contribution is 7.92. The normalized spacial score (nSPS) is 11.2. The molecule has 0 saturated carbocycles. The van der Waals surface area contributed by atoms with Gasteiger partial charge in [-0.1, -0.05) is 29.8 Å². The number of hydrazone groups is 1. The lowest BCUT2D eigenvalue weighted by Crippen LogP contribution is -2.39. The van der Waals surface area contributed by atoms with E-state index in [-0.39, 0.29) is 16.5 Å². The van der Waals surface area contributed by atoms with Crippen LogP contribution in [0, 0.1) is 6.92 Å². The van der Waals surface area contributed by atoms with Crippen molar-refractivity contribution in [3.05, 3.63) is 83.9 Å². The Morgan fingerprint density at radius 1 is 0.971 bits per heavy atom. The predicted molar refractivity (Wildman–Crippen MR) is 135 cm³/mol. The molecule has 0 aromatic heterocycles. The van der Waals surface area contributed by atoms with Crippen molar-refractivity contribution in [1.82, 2.24) is 5.43 Å². The molecule has 3 aromatic carbocycles. The van der Waals surface area contributed by atoms with Gasteiger partial charge in [-0.15, -0.1) is 0 Å². The van der Waals surface area contributed by atoms with E-state index in [1.807, 2.05) is 31.2 Å². The van der Waals surface area contributed by atoms with Gasteiger partial charge in [0.05, 0.1) is 23.9 Å². The van der Waals surface area contributed by atoms with Gasteiger partial charge in [0.25, 0.3) is 15.9 Å². The van der Waals surface area contributed by atoms with E-state index in [1.54, 1.807) is 24.3 Å². The second kappa shape index (κ2) is 11.3. The van der Waals surface area contributed by atoms with Gasteiger partial charge in [-0.25, -0.2) is 13.8 Å². The third-order valence-corrected chi connectivity index (χ3v) is 6.68. The number of nitrogens with zero attached hydrogens (tertiary/aromatic N) is 2. The van der Waals surface area contributed by atoms with E-state index < -0.39 is 22.5 Å². The molecule has 0 aliphatic carbocycles. The van der Waals surface area contributed by atoms with Gasteiger partial charge < -0.3 is 10.1 Å². The summed E-state index contributed by atoms with van der Waals surface area (Å²) < 4.78 is 33.1. The van der Waals surface area contributed by atoms with Crippen molar-refractivity contribution in [2.45, 2.75) is 18.7 Å². The zero-order valence-corrected chi connectivity index (χ0v) is 20.4. The van der Waals surface area contributed by atoms with E-state index >= 15 is 0 Å². The highest BCUT2D eigenvalue weighted by atomic mass is 32.2. The van der Waals surface area contributed by atoms with Gasteiger partial charge in [0, 0.05) is 12.6 Å². The number of benzene rings is 3. The van der Waals surface area contributed by atoms with E-state index in [0.29, 0.717) is 11.4 Å². The van der Waals surface area contributed by atoms with Gasteiger partial charge in [0.2, 0.25) is 5.91 Å². The molecular formula is C25H26N4O5S. The van der Waals surface area contributed by atoms with E-state index in [4.69, 9.17) is 4.74 Å². The molecule has 0 unspecified atom stereocenters. The summed E-state index contributed by atoms with van der Waals surface area (Å²) in [5.41, 5.74) is 4.98. The van der Waals surface area contributed by atoms with E-state index in [1.165, 1.54) is 44.5 Å². The lowest BCUT2D eigenvalue weighted by molar-refractivity contribution is -0.119. The Morgan fingerprint density at radius 3 is 2.17 bits per heavy atom. The third-order valence-electron chi connectivity index (χ3n) is 4.89. The Kier molecular flexibility index (Phi) is 8.21. The Morgan fingerprint density at radius 2 is 1.60 bits per heavy atom. The van der Waals surface area contributed by atoms with Crippen LogP contribution in [0.15, 0.2) is 82.8 Å². The summed E-state index contributed by atoms with van der Waals surface area (Å²) in [7, 11) is -2.63. The van der Waals surface area contributed by atoms with Crippen LogP contribution in [0.5, 0.6) is 5.75 Å². The van der Waals surface area contributed by atoms with Crippen LogP contribution in [-0.4, -0.2) is 40.1 Å². The summed E-state index contributed by atoms with van der Waals surface area (Å²) in [6, 6.07) is 19.5. The molecule has 9 nitrogen and oxygen atoms in total. The molecule has 0 fully saturated rings. The van der Waals surface area contributed by atoms with Crippen molar-refractivity contribution in [2.75, 3.05) is 23.3 Å². The minimum absolute atomic E-state index is 0.0432. The van der Waals surface area contributed by atoms with Crippen LogP contribution < -0.4 is 19.8 Å². The third kappa shape index (κ3) is 6.90. The first kappa shape index (κ1) is 25.4. The highest BCUT2D eigenvalue weighted by Crippen LogP contribution is 2.26. The molecule has 0 spiro atoms. The summed E-state index contributed by atoms with van der Waals surface area (Å²) in [6.07, 6.45) is 1.48. The number of rotatable bonds is 9. The minimum atomic E-state index is -4.13. The van der Waals surface area contributed by atoms with Crippen molar-refractivity contribution in [3.8, 4) is 5.75 Å². The molecule has 0 saturated heterocycles. The standard InChI is InChI=1S/C25H26N4O5S/c1-18-4-6-20(7-5-18)16-26-28-25(31)17-29(22-10-12-23(34-3)13-11-22)35(32,33)24-14-8-21(9-15-24)27-19(2)30/h4-16H,17H2,1-3H3,(H,27,30)(H,28,31)/b26-16-. The minimum Gasteiger partial charge on any atom is -0.497 e. The smallest absolute Gasteiger partial charge is 0.264 e. The number of sulfonamides is 1. The molecule has 35 heavy (non-hydrogen) atoms. The first-order chi connectivity index (χ1) is 16.7. The Labute approximate surface area is 204 Å². The van der Waals surface area contributed by atoms with Crippen LogP contribution in [-0.2, 0) is 19.6 Å². The summed E-state index contributed by atoms with van der Waals surface area (Å²) in [5, 5.41) is 6.52. The highest BCUT2D eigenvalue weighted by Gasteiger charge is 2.27. The molecule has 3 rings (SSSR count). The maximum atomic E-state index is 13.5. The van der Waals surface area contributed by atoms with Crippen LogP contribution >= 0.6 is 0 Å². The monoisotopic (exact) mass is 494 g/mol. The fourth-order valence-corrected chi connectivity index (χ4v) is 4.52. The molecule has 0 radical (unpaired) electrons. The Hall–Kier alpha value is -4.18. The lowest BCUT2D eigenvalue weighted by Gasteiger charge is -2.24. The van der Waals surface area contributed by atoms with E-state index in [0.717, 1.165) is 15.4 Å². The van der Waals surface area contributed by atoms with Gasteiger partial charge in [-0.2, -0.15) is 5.10 Å². The van der Waals surface area contributed by atoms with E-state index in [9.17, 15) is 18.0 Å². The molecule has 0 heterocycles. The first-order valence-electron chi connectivity index (χ1n) is 10.6. The summed E-state index contributed by atoms with van der Waals surface area (Å²) in [5.74, 6) is -0.358. The average Bonchev–Trinajstić information content (AvgIpc) is 2.84. The predicted octanol–water partition coefficient (Wildman–Crippen LogP) is 3.31. The number of carbonyl (C=O) groups excluding carboxylic acids is 2. The van der Waals surface area contributed by atoms with Crippen molar-refractivity contribution in [2.24, 2.45) is 5.10 Å². The maximum Gasteiger partial charge on any atom is 0.264 e. The molecule has 0 atom stereocenters. The summed E-state index contributed by atoms with van der Waals surface area (Å²) in [6.45, 7) is 2.81. The van der Waals surface area contributed by atoms with Crippen molar-refractivity contribution >= 4 is 39.4 Å². The van der Waals surface area contributed by atoms with Gasteiger partial charge in [-0.3, -0.25) is 13.9 Å². The topological polar surface area (TPSA) is 117 Å². The van der Waals surface area contributed by atoms with Gasteiger partial charge in [-0.05, 0) is 61.0 Å². The molecule has 0 aliphatic heterocycles. The average molecular weight is 495 g/mol. The molecule has 10 heteroatoms. The molecule has 182 valence electrons. The van der Waals surface area contributed by atoms with E-state index in [2.05, 4.69) is 15.8 Å². The zero-order chi connectivity index (χ0) is 25.4. The van der Waals surface area contributed by atoms with Crippen LogP contribution in [0.3, 0.4) is 0 Å². The number of hydrogen-bond donors (Lipinski definition) is 2. The number of ether oxygens (including phenoxy) is 1. The number of anilines is 2. The largest absolute Gasteiger partial charge is 0.497 e. The van der Waals surface area contributed by atoms with Crippen LogP contribution in [0.25, 0.3) is 0 Å². The Bertz CT molecular complexity index is 1300. The molecule has 0 aliphatic rings. The van der Waals surface area contributed by atoms with Gasteiger partial charge in [0.15, 0.2) is 0 Å². The Balaban J connectivity index is 1.84. The van der Waals surface area contributed by atoms with Crippen LogP contribution in [0.2, 0.25) is 0 Å². The molecule has 0 bridgehead atoms.